The van der Waals surface area contributed by atoms with Gasteiger partial charge in [-0.1, -0.05) is 41.5 Å². The van der Waals surface area contributed by atoms with Gasteiger partial charge in [0.15, 0.2) is 0 Å². The van der Waals surface area contributed by atoms with Crippen molar-refractivity contribution in [1.82, 2.24) is 0 Å². The molecule has 0 aliphatic rings. The molecule has 0 rings (SSSR count). The Labute approximate surface area is 76.8 Å². The number of methoxy groups -OCH3 is 1. The van der Waals surface area contributed by atoms with Gasteiger partial charge in [-0.3, -0.25) is 0 Å². The zero-order valence-corrected chi connectivity index (χ0v) is 9.49. The van der Waals surface area contributed by atoms with E-state index in [0.717, 1.165) is 0 Å². The number of rotatable bonds is 1. The summed E-state index contributed by atoms with van der Waals surface area (Å²) in [5.41, 5.74) is 1.72. The standard InChI is InChI=1S/C11H22O/c1-10(2,3)9(8-12-7)11(4,5)6/h8H,1-7H3. The third-order valence-corrected chi connectivity index (χ3v) is 1.85. The monoisotopic (exact) mass is 170 g/mol. The van der Waals surface area contributed by atoms with Gasteiger partial charge in [0.1, 0.15) is 0 Å². The van der Waals surface area contributed by atoms with Crippen molar-refractivity contribution >= 4 is 0 Å². The summed E-state index contributed by atoms with van der Waals surface area (Å²) in [6, 6.07) is 0. The molecule has 0 unspecified atom stereocenters. The Bertz CT molecular complexity index is 148. The number of allylic oxidation sites excluding steroid dienone is 1. The molecule has 0 aliphatic carbocycles. The second-order valence-electron chi connectivity index (χ2n) is 5.27. The van der Waals surface area contributed by atoms with E-state index < -0.39 is 0 Å². The van der Waals surface area contributed by atoms with Crippen LogP contribution in [0, 0.1) is 10.8 Å². The Morgan fingerprint density at radius 1 is 0.917 bits per heavy atom. The summed E-state index contributed by atoms with van der Waals surface area (Å²) in [5, 5.41) is 0. The lowest BCUT2D eigenvalue weighted by atomic mass is 9.73. The van der Waals surface area contributed by atoms with E-state index in [1.165, 1.54) is 5.57 Å². The SMILES string of the molecule is COC=C(C(C)(C)C)C(C)(C)C. The zero-order valence-electron chi connectivity index (χ0n) is 9.49. The molecule has 0 radical (unpaired) electrons. The molecule has 1 nitrogen and oxygen atoms in total. The van der Waals surface area contributed by atoms with Gasteiger partial charge >= 0.3 is 0 Å². The van der Waals surface area contributed by atoms with Gasteiger partial charge in [-0.2, -0.15) is 0 Å². The van der Waals surface area contributed by atoms with Crippen LogP contribution in [-0.2, 0) is 4.74 Å². The maximum atomic E-state index is 5.09. The smallest absolute Gasteiger partial charge is 0.0827 e. The molecule has 0 aromatic carbocycles. The Morgan fingerprint density at radius 3 is 1.33 bits per heavy atom. The molecule has 0 spiro atoms. The average molecular weight is 170 g/mol. The summed E-state index contributed by atoms with van der Waals surface area (Å²) in [4.78, 5) is 0. The van der Waals surface area contributed by atoms with Gasteiger partial charge in [-0.15, -0.1) is 0 Å². The maximum absolute atomic E-state index is 5.09. The van der Waals surface area contributed by atoms with Crippen molar-refractivity contribution in [3.8, 4) is 0 Å². The molecular weight excluding hydrogens is 148 g/mol. The third-order valence-electron chi connectivity index (χ3n) is 1.85. The van der Waals surface area contributed by atoms with Crippen molar-refractivity contribution in [2.75, 3.05) is 7.11 Å². The average Bonchev–Trinajstić information content (AvgIpc) is 1.77. The van der Waals surface area contributed by atoms with Gasteiger partial charge in [0.25, 0.3) is 0 Å². The van der Waals surface area contributed by atoms with Gasteiger partial charge in [0.2, 0.25) is 0 Å². The minimum absolute atomic E-state index is 0.189. The lowest BCUT2D eigenvalue weighted by molar-refractivity contribution is 0.286. The second-order valence-corrected chi connectivity index (χ2v) is 5.27. The molecule has 0 heterocycles. The van der Waals surface area contributed by atoms with E-state index in [4.69, 9.17) is 4.74 Å². The molecule has 0 N–H and O–H groups in total. The van der Waals surface area contributed by atoms with Crippen molar-refractivity contribution in [2.24, 2.45) is 10.8 Å². The van der Waals surface area contributed by atoms with Gasteiger partial charge in [-0.25, -0.2) is 0 Å². The van der Waals surface area contributed by atoms with Crippen LogP contribution in [0.5, 0.6) is 0 Å². The Morgan fingerprint density at radius 2 is 1.25 bits per heavy atom. The van der Waals surface area contributed by atoms with E-state index in [1.807, 2.05) is 6.26 Å². The Hall–Kier alpha value is -0.460. The van der Waals surface area contributed by atoms with Crippen LogP contribution in [0.1, 0.15) is 41.5 Å². The van der Waals surface area contributed by atoms with Crippen LogP contribution in [0.3, 0.4) is 0 Å². The molecule has 0 bridgehead atoms. The molecule has 0 saturated heterocycles. The highest BCUT2D eigenvalue weighted by Crippen LogP contribution is 2.38. The molecule has 0 aliphatic heterocycles. The maximum Gasteiger partial charge on any atom is 0.0827 e. The van der Waals surface area contributed by atoms with E-state index in [1.54, 1.807) is 7.11 Å². The van der Waals surface area contributed by atoms with Gasteiger partial charge in [0, 0.05) is 0 Å². The minimum atomic E-state index is 0.189. The molecular formula is C11H22O. The first-order chi connectivity index (χ1) is 5.19. The van der Waals surface area contributed by atoms with Gasteiger partial charge in [-0.05, 0) is 16.4 Å². The lowest BCUT2D eigenvalue weighted by Gasteiger charge is -2.33. The quantitative estimate of drug-likeness (QED) is 0.546. The summed E-state index contributed by atoms with van der Waals surface area (Å²) in [7, 11) is 1.71. The normalized spacial score (nSPS) is 12.6. The van der Waals surface area contributed by atoms with Crippen molar-refractivity contribution in [3.05, 3.63) is 11.8 Å². The number of hydrogen-bond acceptors (Lipinski definition) is 1. The van der Waals surface area contributed by atoms with Crippen LogP contribution in [0.15, 0.2) is 11.8 Å². The number of hydrogen-bond donors (Lipinski definition) is 0. The van der Waals surface area contributed by atoms with Gasteiger partial charge in [0.05, 0.1) is 13.4 Å². The lowest BCUT2D eigenvalue weighted by Crippen LogP contribution is -2.22. The van der Waals surface area contributed by atoms with Crippen molar-refractivity contribution in [1.29, 1.82) is 0 Å². The highest BCUT2D eigenvalue weighted by Gasteiger charge is 2.28. The predicted molar refractivity (Wildman–Crippen MR) is 54.0 cm³/mol. The molecule has 72 valence electrons. The highest BCUT2D eigenvalue weighted by molar-refractivity contribution is 5.15. The van der Waals surface area contributed by atoms with E-state index in [0.29, 0.717) is 0 Å². The molecule has 0 fully saturated rings. The molecule has 0 amide bonds. The van der Waals surface area contributed by atoms with E-state index in [-0.39, 0.29) is 10.8 Å². The second kappa shape index (κ2) is 3.51. The molecule has 1 heteroatoms. The third kappa shape index (κ3) is 3.29. The molecule has 0 aromatic heterocycles. The summed E-state index contributed by atoms with van der Waals surface area (Å²) in [6.07, 6.45) is 1.88. The first kappa shape index (κ1) is 11.5. The van der Waals surface area contributed by atoms with Crippen LogP contribution >= 0.6 is 0 Å². The van der Waals surface area contributed by atoms with E-state index in [2.05, 4.69) is 41.5 Å². The fourth-order valence-corrected chi connectivity index (χ4v) is 1.60. The van der Waals surface area contributed by atoms with Crippen LogP contribution in [-0.4, -0.2) is 7.11 Å². The van der Waals surface area contributed by atoms with Crippen LogP contribution < -0.4 is 0 Å². The first-order valence-electron chi connectivity index (χ1n) is 4.43. The van der Waals surface area contributed by atoms with Crippen molar-refractivity contribution in [2.45, 2.75) is 41.5 Å². The van der Waals surface area contributed by atoms with Crippen LogP contribution in [0.25, 0.3) is 0 Å². The highest BCUT2D eigenvalue weighted by atomic mass is 16.5. The molecule has 0 atom stereocenters. The molecule has 0 aromatic rings. The Kier molecular flexibility index (Phi) is 3.37. The van der Waals surface area contributed by atoms with Gasteiger partial charge < -0.3 is 4.74 Å². The minimum Gasteiger partial charge on any atom is -0.504 e. The van der Waals surface area contributed by atoms with E-state index in [9.17, 15) is 0 Å². The van der Waals surface area contributed by atoms with Crippen LogP contribution in [0.4, 0.5) is 0 Å². The zero-order chi connectivity index (χ0) is 9.99. The topological polar surface area (TPSA) is 9.23 Å². The fourth-order valence-electron chi connectivity index (χ4n) is 1.60. The van der Waals surface area contributed by atoms with E-state index >= 15 is 0 Å². The Balaban J connectivity index is 4.83. The predicted octanol–water partition coefficient (Wildman–Crippen LogP) is 3.61. The van der Waals surface area contributed by atoms with Crippen molar-refractivity contribution in [3.63, 3.8) is 0 Å². The summed E-state index contributed by atoms with van der Waals surface area (Å²) in [5.74, 6) is 0. The van der Waals surface area contributed by atoms with Crippen molar-refractivity contribution < 1.29 is 4.74 Å². The largest absolute Gasteiger partial charge is 0.504 e. The molecule has 12 heavy (non-hydrogen) atoms. The number of ether oxygens (including phenoxy) is 1. The molecule has 0 saturated carbocycles. The van der Waals surface area contributed by atoms with Crippen LogP contribution in [0.2, 0.25) is 0 Å². The fraction of sp³-hybridized carbons (Fsp3) is 0.818. The first-order valence-corrected chi connectivity index (χ1v) is 4.43. The summed E-state index contributed by atoms with van der Waals surface area (Å²) < 4.78 is 5.09. The summed E-state index contributed by atoms with van der Waals surface area (Å²) >= 11 is 0. The summed E-state index contributed by atoms with van der Waals surface area (Å²) in [6.45, 7) is 13.3.